The number of halogens is 3. The summed E-state index contributed by atoms with van der Waals surface area (Å²) in [6.45, 7) is 4.10. The van der Waals surface area contributed by atoms with Crippen LogP contribution in [0.2, 0.25) is 0 Å². The molecule has 1 amide bonds. The number of aromatic nitrogens is 4. The fourth-order valence-electron chi connectivity index (χ4n) is 3.71. The number of alkyl halides is 3. The van der Waals surface area contributed by atoms with Gasteiger partial charge in [-0.2, -0.15) is 23.4 Å². The Labute approximate surface area is 152 Å². The fourth-order valence-corrected chi connectivity index (χ4v) is 3.71. The van der Waals surface area contributed by atoms with Gasteiger partial charge in [0.25, 0.3) is 0 Å². The van der Waals surface area contributed by atoms with Crippen LogP contribution in [0.15, 0.2) is 18.3 Å². The van der Waals surface area contributed by atoms with E-state index in [1.165, 1.54) is 6.20 Å². The van der Waals surface area contributed by atoms with Crippen LogP contribution in [0.5, 0.6) is 0 Å². The van der Waals surface area contributed by atoms with E-state index in [2.05, 4.69) is 20.6 Å². The smallest absolute Gasteiger partial charge is 0.351 e. The van der Waals surface area contributed by atoms with Gasteiger partial charge in [-0.15, -0.1) is 0 Å². The van der Waals surface area contributed by atoms with E-state index in [0.29, 0.717) is 40.7 Å². The lowest BCUT2D eigenvalue weighted by Crippen LogP contribution is -2.30. The number of fused-ring (bicyclic) bond motifs is 1. The van der Waals surface area contributed by atoms with E-state index in [4.69, 9.17) is 0 Å². The molecule has 3 heterocycles. The van der Waals surface area contributed by atoms with Crippen molar-refractivity contribution in [3.63, 3.8) is 0 Å². The van der Waals surface area contributed by atoms with Crippen molar-refractivity contribution in [3.8, 4) is 11.1 Å². The first-order valence-electron chi connectivity index (χ1n) is 8.62. The van der Waals surface area contributed by atoms with Crippen LogP contribution in [-0.4, -0.2) is 31.9 Å². The number of carbonyl (C=O) groups is 1. The number of aromatic amines is 1. The van der Waals surface area contributed by atoms with Crippen LogP contribution in [0.4, 0.5) is 13.2 Å². The third-order valence-corrected chi connectivity index (χ3v) is 5.02. The number of hydrogen-bond donors (Lipinski definition) is 2. The molecule has 0 radical (unpaired) electrons. The van der Waals surface area contributed by atoms with Gasteiger partial charge in [-0.3, -0.25) is 14.6 Å². The van der Waals surface area contributed by atoms with Gasteiger partial charge in [-0.1, -0.05) is 0 Å². The van der Waals surface area contributed by atoms with Crippen molar-refractivity contribution in [2.24, 2.45) is 0 Å². The first-order chi connectivity index (χ1) is 12.7. The van der Waals surface area contributed by atoms with Crippen molar-refractivity contribution in [1.82, 2.24) is 25.3 Å². The number of benzene rings is 1. The van der Waals surface area contributed by atoms with Crippen LogP contribution in [-0.2, 0) is 17.5 Å². The van der Waals surface area contributed by atoms with E-state index in [9.17, 15) is 18.0 Å². The second kappa shape index (κ2) is 6.11. The van der Waals surface area contributed by atoms with Crippen LogP contribution in [0.25, 0.3) is 22.0 Å². The standard InChI is InChI=1S/C18H18F3N5O/c1-9-17(10(2)26(25-9)8-12-3-4-16(27)23-12)13-5-11(18(19,20)21)6-15-14(13)7-22-24-15/h5-7,12H,3-4,8H2,1-2H3,(H,22,24)(H,23,27). The molecule has 1 aliphatic rings. The Hall–Kier alpha value is -2.84. The molecule has 0 aliphatic carbocycles. The molecule has 142 valence electrons. The Bertz CT molecular complexity index is 1030. The van der Waals surface area contributed by atoms with Crippen molar-refractivity contribution in [2.45, 2.75) is 45.5 Å². The lowest BCUT2D eigenvalue weighted by atomic mass is 9.97. The molecule has 1 fully saturated rings. The molecular weight excluding hydrogens is 359 g/mol. The largest absolute Gasteiger partial charge is 0.416 e. The Kier molecular flexibility index (Phi) is 3.97. The van der Waals surface area contributed by atoms with Crippen molar-refractivity contribution >= 4 is 16.8 Å². The number of nitrogens with one attached hydrogen (secondary N) is 2. The first-order valence-corrected chi connectivity index (χ1v) is 8.62. The van der Waals surface area contributed by atoms with E-state index < -0.39 is 11.7 Å². The molecule has 27 heavy (non-hydrogen) atoms. The van der Waals surface area contributed by atoms with Gasteiger partial charge in [-0.25, -0.2) is 0 Å². The minimum absolute atomic E-state index is 0.0136. The summed E-state index contributed by atoms with van der Waals surface area (Å²) in [5, 5.41) is 14.5. The van der Waals surface area contributed by atoms with Crippen LogP contribution in [0, 0.1) is 13.8 Å². The molecule has 2 N–H and O–H groups in total. The maximum Gasteiger partial charge on any atom is 0.416 e. The highest BCUT2D eigenvalue weighted by atomic mass is 19.4. The molecule has 0 spiro atoms. The van der Waals surface area contributed by atoms with Crippen molar-refractivity contribution in [2.75, 3.05) is 0 Å². The number of aryl methyl sites for hydroxylation is 1. The summed E-state index contributed by atoms with van der Waals surface area (Å²) in [7, 11) is 0. The summed E-state index contributed by atoms with van der Waals surface area (Å²) >= 11 is 0. The molecule has 9 heteroatoms. The number of carbonyl (C=O) groups excluding carboxylic acids is 1. The van der Waals surface area contributed by atoms with Gasteiger partial charge in [0.1, 0.15) is 0 Å². The molecule has 2 aromatic heterocycles. The minimum atomic E-state index is -4.46. The van der Waals surface area contributed by atoms with Gasteiger partial charge >= 0.3 is 6.18 Å². The first kappa shape index (κ1) is 17.6. The minimum Gasteiger partial charge on any atom is -0.351 e. The summed E-state index contributed by atoms with van der Waals surface area (Å²) in [6, 6.07) is 2.20. The zero-order valence-electron chi connectivity index (χ0n) is 14.8. The molecule has 1 aliphatic heterocycles. The quantitative estimate of drug-likeness (QED) is 0.735. The normalized spacial score (nSPS) is 17.7. The van der Waals surface area contributed by atoms with Crippen LogP contribution < -0.4 is 5.32 Å². The maximum atomic E-state index is 13.3. The van der Waals surface area contributed by atoms with E-state index >= 15 is 0 Å². The summed E-state index contributed by atoms with van der Waals surface area (Å²) in [5.41, 5.74) is 2.11. The maximum absolute atomic E-state index is 13.3. The van der Waals surface area contributed by atoms with Crippen molar-refractivity contribution in [1.29, 1.82) is 0 Å². The van der Waals surface area contributed by atoms with Gasteiger partial charge in [0.05, 0.1) is 29.5 Å². The molecule has 1 unspecified atom stereocenters. The van der Waals surface area contributed by atoms with Gasteiger partial charge in [-0.05, 0) is 38.0 Å². The predicted molar refractivity (Wildman–Crippen MR) is 93.0 cm³/mol. The highest BCUT2D eigenvalue weighted by molar-refractivity contribution is 5.96. The Morgan fingerprint density at radius 3 is 2.74 bits per heavy atom. The summed E-state index contributed by atoms with van der Waals surface area (Å²) in [4.78, 5) is 11.4. The SMILES string of the molecule is Cc1nn(CC2CCC(=O)N2)c(C)c1-c1cc(C(F)(F)F)cc2[nH]ncc12. The van der Waals surface area contributed by atoms with Crippen LogP contribution in [0.3, 0.4) is 0 Å². The fraction of sp³-hybridized carbons (Fsp3) is 0.389. The second-order valence-corrected chi connectivity index (χ2v) is 6.88. The number of hydrogen-bond acceptors (Lipinski definition) is 3. The Morgan fingerprint density at radius 2 is 2.07 bits per heavy atom. The second-order valence-electron chi connectivity index (χ2n) is 6.88. The zero-order chi connectivity index (χ0) is 19.3. The average molecular weight is 377 g/mol. The monoisotopic (exact) mass is 377 g/mol. The van der Waals surface area contributed by atoms with Gasteiger partial charge in [0.2, 0.25) is 5.91 Å². The zero-order valence-corrected chi connectivity index (χ0v) is 14.8. The number of amides is 1. The molecule has 1 aromatic carbocycles. The lowest BCUT2D eigenvalue weighted by Gasteiger charge is -2.13. The highest BCUT2D eigenvalue weighted by Crippen LogP contribution is 2.38. The lowest BCUT2D eigenvalue weighted by molar-refractivity contribution is -0.137. The van der Waals surface area contributed by atoms with E-state index in [-0.39, 0.29) is 11.9 Å². The predicted octanol–water partition coefficient (Wildman–Crippen LogP) is 3.34. The van der Waals surface area contributed by atoms with E-state index in [0.717, 1.165) is 24.2 Å². The Balaban J connectivity index is 1.82. The summed E-state index contributed by atoms with van der Waals surface area (Å²) < 4.78 is 41.8. The van der Waals surface area contributed by atoms with Gasteiger partial charge < -0.3 is 5.32 Å². The molecule has 3 aromatic rings. The summed E-state index contributed by atoms with van der Waals surface area (Å²) in [6.07, 6.45) is -1.72. The molecule has 4 rings (SSSR count). The average Bonchev–Trinajstić information content (AvgIpc) is 3.27. The molecule has 6 nitrogen and oxygen atoms in total. The van der Waals surface area contributed by atoms with Crippen molar-refractivity contribution in [3.05, 3.63) is 35.3 Å². The Morgan fingerprint density at radius 1 is 1.30 bits per heavy atom. The van der Waals surface area contributed by atoms with E-state index in [1.807, 2.05) is 6.92 Å². The summed E-state index contributed by atoms with van der Waals surface area (Å²) in [5.74, 6) is 0.0136. The van der Waals surface area contributed by atoms with Gasteiger partial charge in [0.15, 0.2) is 0 Å². The molecule has 1 saturated heterocycles. The molecule has 0 bridgehead atoms. The van der Waals surface area contributed by atoms with Gasteiger partial charge in [0, 0.05) is 29.1 Å². The number of H-pyrrole nitrogens is 1. The van der Waals surface area contributed by atoms with E-state index in [1.54, 1.807) is 11.6 Å². The van der Waals surface area contributed by atoms with Crippen LogP contribution >= 0.6 is 0 Å². The van der Waals surface area contributed by atoms with Crippen molar-refractivity contribution < 1.29 is 18.0 Å². The molecular formula is C18H18F3N5O. The molecule has 1 atom stereocenters. The topological polar surface area (TPSA) is 75.6 Å². The highest BCUT2D eigenvalue weighted by Gasteiger charge is 2.32. The third-order valence-electron chi connectivity index (χ3n) is 5.02. The number of nitrogens with zero attached hydrogens (tertiary/aromatic N) is 3. The third kappa shape index (κ3) is 3.07. The molecule has 0 saturated carbocycles. The van der Waals surface area contributed by atoms with Crippen LogP contribution in [0.1, 0.15) is 29.8 Å². The number of rotatable bonds is 3.